The lowest BCUT2D eigenvalue weighted by atomic mass is 9.89. The predicted octanol–water partition coefficient (Wildman–Crippen LogP) is 3.36. The van der Waals surface area contributed by atoms with Crippen molar-refractivity contribution in [1.29, 1.82) is 0 Å². The van der Waals surface area contributed by atoms with Crippen molar-refractivity contribution in [3.63, 3.8) is 0 Å². The lowest BCUT2D eigenvalue weighted by Crippen LogP contribution is -2.30. The van der Waals surface area contributed by atoms with E-state index in [4.69, 9.17) is 5.73 Å². The van der Waals surface area contributed by atoms with Crippen LogP contribution >= 0.6 is 27.3 Å². The molecular formula is C13H23BrN2S. The van der Waals surface area contributed by atoms with Crippen LogP contribution in [0.4, 0.5) is 0 Å². The van der Waals surface area contributed by atoms with Gasteiger partial charge in [-0.05, 0) is 66.5 Å². The van der Waals surface area contributed by atoms with Crippen molar-refractivity contribution >= 4 is 27.3 Å². The largest absolute Gasteiger partial charge is 0.330 e. The highest BCUT2D eigenvalue weighted by Gasteiger charge is 2.15. The Morgan fingerprint density at radius 2 is 2.06 bits per heavy atom. The van der Waals surface area contributed by atoms with Gasteiger partial charge in [0.2, 0.25) is 0 Å². The number of nitrogens with two attached hydrogens (primary N) is 1. The summed E-state index contributed by atoms with van der Waals surface area (Å²) in [5, 5.41) is 0. The summed E-state index contributed by atoms with van der Waals surface area (Å²) in [7, 11) is 2.19. The molecule has 0 aliphatic heterocycles. The Labute approximate surface area is 117 Å². The number of likely N-dealkylation sites (N-methyl/N-ethyl adjacent to an activating group) is 1. The molecule has 0 atom stereocenters. The van der Waals surface area contributed by atoms with Gasteiger partial charge in [0, 0.05) is 11.4 Å². The third-order valence-electron chi connectivity index (χ3n) is 3.09. The third-order valence-corrected chi connectivity index (χ3v) is 4.78. The number of nitrogens with zero attached hydrogens (tertiary/aromatic N) is 1. The summed E-state index contributed by atoms with van der Waals surface area (Å²) >= 11 is 5.32. The van der Waals surface area contributed by atoms with Crippen LogP contribution < -0.4 is 5.73 Å². The molecule has 0 bridgehead atoms. The molecule has 2 N–H and O–H groups in total. The monoisotopic (exact) mass is 318 g/mol. The normalized spacial score (nSPS) is 12.4. The van der Waals surface area contributed by atoms with E-state index in [1.54, 1.807) is 0 Å². The zero-order chi connectivity index (χ0) is 12.9. The van der Waals surface area contributed by atoms with Gasteiger partial charge in [0.15, 0.2) is 0 Å². The van der Waals surface area contributed by atoms with Crippen LogP contribution in [0.1, 0.15) is 25.1 Å². The molecule has 4 heteroatoms. The van der Waals surface area contributed by atoms with Crippen molar-refractivity contribution in [3.05, 3.63) is 20.8 Å². The van der Waals surface area contributed by atoms with Gasteiger partial charge in [-0.15, -0.1) is 11.3 Å². The summed E-state index contributed by atoms with van der Waals surface area (Å²) < 4.78 is 1.22. The first-order chi connectivity index (χ1) is 7.93. The molecule has 0 radical (unpaired) electrons. The van der Waals surface area contributed by atoms with Gasteiger partial charge in [0.05, 0.1) is 3.79 Å². The number of rotatable bonds is 7. The van der Waals surface area contributed by atoms with E-state index in [1.165, 1.54) is 8.66 Å². The Balaban J connectivity index is 2.24. The van der Waals surface area contributed by atoms with E-state index < -0.39 is 0 Å². The van der Waals surface area contributed by atoms with Crippen LogP contribution in [0.3, 0.4) is 0 Å². The van der Waals surface area contributed by atoms with Gasteiger partial charge in [-0.3, -0.25) is 0 Å². The standard InChI is InChI=1S/C13H23BrN2S/c1-13(2,10-15)7-9-16(3)8-6-11-4-5-12(14)17-11/h4-5H,6-10,15H2,1-3H3. The minimum Gasteiger partial charge on any atom is -0.330 e. The van der Waals surface area contributed by atoms with E-state index in [0.717, 1.165) is 32.5 Å². The van der Waals surface area contributed by atoms with E-state index in [-0.39, 0.29) is 5.41 Å². The van der Waals surface area contributed by atoms with Crippen LogP contribution in [0.25, 0.3) is 0 Å². The highest BCUT2D eigenvalue weighted by Crippen LogP contribution is 2.23. The summed E-state index contributed by atoms with van der Waals surface area (Å²) in [6.45, 7) is 7.47. The highest BCUT2D eigenvalue weighted by atomic mass is 79.9. The SMILES string of the molecule is CN(CCc1ccc(Br)s1)CCC(C)(C)CN. The Kier molecular flexibility index (Phi) is 6.13. The van der Waals surface area contributed by atoms with Crippen molar-refractivity contribution in [3.8, 4) is 0 Å². The van der Waals surface area contributed by atoms with Gasteiger partial charge in [-0.25, -0.2) is 0 Å². The first-order valence-electron chi connectivity index (χ1n) is 6.06. The van der Waals surface area contributed by atoms with Gasteiger partial charge >= 0.3 is 0 Å². The highest BCUT2D eigenvalue weighted by molar-refractivity contribution is 9.11. The number of thiophene rings is 1. The van der Waals surface area contributed by atoms with Crippen molar-refractivity contribution in [2.24, 2.45) is 11.1 Å². The number of hydrogen-bond acceptors (Lipinski definition) is 3. The molecule has 17 heavy (non-hydrogen) atoms. The molecule has 0 fully saturated rings. The minimum absolute atomic E-state index is 0.264. The Morgan fingerprint density at radius 3 is 2.59 bits per heavy atom. The van der Waals surface area contributed by atoms with Crippen LogP contribution in [0, 0.1) is 5.41 Å². The second-order valence-electron chi connectivity index (χ2n) is 5.38. The average Bonchev–Trinajstić information content (AvgIpc) is 2.70. The molecule has 0 saturated carbocycles. The third kappa shape index (κ3) is 6.00. The Morgan fingerprint density at radius 1 is 1.35 bits per heavy atom. The van der Waals surface area contributed by atoms with Crippen LogP contribution in [-0.2, 0) is 6.42 Å². The molecule has 1 rings (SSSR count). The number of hydrogen-bond donors (Lipinski definition) is 1. The van der Waals surface area contributed by atoms with E-state index in [1.807, 2.05) is 11.3 Å². The summed E-state index contributed by atoms with van der Waals surface area (Å²) in [5.74, 6) is 0. The average molecular weight is 319 g/mol. The van der Waals surface area contributed by atoms with Gasteiger partial charge < -0.3 is 10.6 Å². The molecule has 0 aliphatic rings. The van der Waals surface area contributed by atoms with E-state index in [2.05, 4.69) is 53.9 Å². The van der Waals surface area contributed by atoms with Crippen LogP contribution in [0.2, 0.25) is 0 Å². The van der Waals surface area contributed by atoms with Crippen molar-refractivity contribution in [2.45, 2.75) is 26.7 Å². The van der Waals surface area contributed by atoms with Gasteiger partial charge in [-0.2, -0.15) is 0 Å². The molecule has 98 valence electrons. The Hall–Kier alpha value is 0.1000. The second kappa shape index (κ2) is 6.88. The van der Waals surface area contributed by atoms with E-state index in [0.29, 0.717) is 0 Å². The molecular weight excluding hydrogens is 296 g/mol. The maximum atomic E-state index is 5.74. The zero-order valence-corrected chi connectivity index (χ0v) is 13.4. The lowest BCUT2D eigenvalue weighted by Gasteiger charge is -2.25. The first-order valence-corrected chi connectivity index (χ1v) is 7.67. The number of halogens is 1. The maximum absolute atomic E-state index is 5.74. The summed E-state index contributed by atoms with van der Waals surface area (Å²) in [5.41, 5.74) is 6.00. The lowest BCUT2D eigenvalue weighted by molar-refractivity contribution is 0.256. The second-order valence-corrected chi connectivity index (χ2v) is 7.92. The van der Waals surface area contributed by atoms with Crippen LogP contribution in [0.5, 0.6) is 0 Å². The van der Waals surface area contributed by atoms with Crippen molar-refractivity contribution in [1.82, 2.24) is 4.90 Å². The smallest absolute Gasteiger partial charge is 0.0701 e. The van der Waals surface area contributed by atoms with Gasteiger partial charge in [0.1, 0.15) is 0 Å². The summed E-state index contributed by atoms with van der Waals surface area (Å²) in [6, 6.07) is 4.32. The molecule has 0 saturated heterocycles. The molecule has 0 spiro atoms. The quantitative estimate of drug-likeness (QED) is 0.835. The zero-order valence-electron chi connectivity index (χ0n) is 11.0. The molecule has 0 unspecified atom stereocenters. The first kappa shape index (κ1) is 15.2. The predicted molar refractivity (Wildman–Crippen MR) is 80.7 cm³/mol. The molecule has 2 nitrogen and oxygen atoms in total. The molecule has 0 aromatic carbocycles. The van der Waals surface area contributed by atoms with Crippen LogP contribution in [-0.4, -0.2) is 31.6 Å². The minimum atomic E-state index is 0.264. The topological polar surface area (TPSA) is 29.3 Å². The molecule has 1 aromatic heterocycles. The fourth-order valence-electron chi connectivity index (χ4n) is 1.49. The van der Waals surface area contributed by atoms with Gasteiger partial charge in [0.25, 0.3) is 0 Å². The summed E-state index contributed by atoms with van der Waals surface area (Å²) in [6.07, 6.45) is 2.30. The fourth-order valence-corrected chi connectivity index (χ4v) is 2.97. The van der Waals surface area contributed by atoms with Crippen molar-refractivity contribution in [2.75, 3.05) is 26.7 Å². The molecule has 0 amide bonds. The van der Waals surface area contributed by atoms with E-state index in [9.17, 15) is 0 Å². The van der Waals surface area contributed by atoms with E-state index >= 15 is 0 Å². The fraction of sp³-hybridized carbons (Fsp3) is 0.692. The molecule has 0 aliphatic carbocycles. The molecule has 1 heterocycles. The summed E-state index contributed by atoms with van der Waals surface area (Å²) in [4.78, 5) is 3.84. The molecule has 1 aromatic rings. The maximum Gasteiger partial charge on any atom is 0.0701 e. The Bertz CT molecular complexity index is 336. The van der Waals surface area contributed by atoms with Crippen molar-refractivity contribution < 1.29 is 0 Å². The van der Waals surface area contributed by atoms with Gasteiger partial charge in [-0.1, -0.05) is 13.8 Å². The van der Waals surface area contributed by atoms with Crippen LogP contribution in [0.15, 0.2) is 15.9 Å².